The number of halogens is 2. The van der Waals surface area contributed by atoms with Crippen LogP contribution in [0.4, 0.5) is 0 Å². The highest BCUT2D eigenvalue weighted by Crippen LogP contribution is 2.28. The molecule has 3 aromatic rings. The van der Waals surface area contributed by atoms with Crippen molar-refractivity contribution in [3.63, 3.8) is 0 Å². The van der Waals surface area contributed by atoms with Gasteiger partial charge in [0.25, 0.3) is 0 Å². The predicted octanol–water partition coefficient (Wildman–Crippen LogP) is 4.02. The van der Waals surface area contributed by atoms with Gasteiger partial charge in [0.1, 0.15) is 24.1 Å². The minimum atomic E-state index is 0.393. The lowest BCUT2D eigenvalue weighted by atomic mass is 10.2. The third-order valence-corrected chi connectivity index (χ3v) is 3.76. The number of hydrogen-bond donors (Lipinski definition) is 0. The molecule has 0 atom stereocenters. The number of benzene rings is 1. The van der Waals surface area contributed by atoms with Crippen LogP contribution in [0.2, 0.25) is 5.15 Å². The number of rotatable bonds is 4. The Bertz CT molecular complexity index is 730. The molecule has 0 unspecified atom stereocenters. The fraction of sp³-hybridized carbons (Fsp3) is 0.143. The van der Waals surface area contributed by atoms with Gasteiger partial charge < -0.3 is 9.30 Å². The summed E-state index contributed by atoms with van der Waals surface area (Å²) in [7, 11) is 0. The molecule has 20 heavy (non-hydrogen) atoms. The van der Waals surface area contributed by atoms with E-state index in [9.17, 15) is 0 Å². The Labute approximate surface area is 129 Å². The summed E-state index contributed by atoms with van der Waals surface area (Å²) >= 11 is 9.59. The average molecular weight is 353 g/mol. The van der Waals surface area contributed by atoms with Gasteiger partial charge in [-0.3, -0.25) is 0 Å². The second-order valence-corrected chi connectivity index (χ2v) is 5.48. The number of hydrogen-bond acceptors (Lipinski definition) is 3. The molecule has 3 rings (SSSR count). The highest BCUT2D eigenvalue weighted by Gasteiger charge is 2.11. The lowest BCUT2D eigenvalue weighted by molar-refractivity contribution is 0.0667. The van der Waals surface area contributed by atoms with Crippen molar-refractivity contribution in [3.8, 4) is 0 Å². The van der Waals surface area contributed by atoms with E-state index in [1.165, 1.54) is 6.33 Å². The molecule has 4 nitrogen and oxygen atoms in total. The zero-order valence-electron chi connectivity index (χ0n) is 10.5. The van der Waals surface area contributed by atoms with Gasteiger partial charge in [0.2, 0.25) is 0 Å². The van der Waals surface area contributed by atoms with E-state index >= 15 is 0 Å². The molecular formula is C14H11BrClN3O. The Kier molecular flexibility index (Phi) is 4.00. The molecule has 102 valence electrons. The van der Waals surface area contributed by atoms with E-state index in [1.807, 2.05) is 41.1 Å². The summed E-state index contributed by atoms with van der Waals surface area (Å²) in [6, 6.07) is 10.0. The van der Waals surface area contributed by atoms with Gasteiger partial charge in [-0.25, -0.2) is 9.97 Å². The van der Waals surface area contributed by atoms with Gasteiger partial charge >= 0.3 is 0 Å². The second-order valence-electron chi connectivity index (χ2n) is 4.27. The Balaban J connectivity index is 1.78. The number of nitrogens with zero attached hydrogens (tertiary/aromatic N) is 3. The second kappa shape index (κ2) is 5.91. The van der Waals surface area contributed by atoms with Gasteiger partial charge in [-0.15, -0.1) is 0 Å². The first-order valence-corrected chi connectivity index (χ1v) is 7.19. The molecule has 1 aromatic carbocycles. The van der Waals surface area contributed by atoms with Gasteiger partial charge in [-0.2, -0.15) is 0 Å². The molecule has 0 N–H and O–H groups in total. The number of aromatic nitrogens is 3. The van der Waals surface area contributed by atoms with Gasteiger partial charge in [0, 0.05) is 6.20 Å². The van der Waals surface area contributed by atoms with Gasteiger partial charge in [-0.1, -0.05) is 41.9 Å². The molecule has 0 saturated heterocycles. The number of ether oxygens (including phenoxy) is 1. The molecule has 0 saturated carbocycles. The normalized spacial score (nSPS) is 11.1. The molecule has 0 fully saturated rings. The van der Waals surface area contributed by atoms with Crippen molar-refractivity contribution >= 4 is 38.6 Å². The van der Waals surface area contributed by atoms with Crippen LogP contribution in [0.5, 0.6) is 0 Å². The van der Waals surface area contributed by atoms with Crippen LogP contribution in [0.15, 0.2) is 47.3 Å². The predicted molar refractivity (Wildman–Crippen MR) is 81.5 cm³/mol. The Hall–Kier alpha value is -1.43. The van der Waals surface area contributed by atoms with Gasteiger partial charge in [0.15, 0.2) is 5.15 Å². The number of fused-ring (bicyclic) bond motifs is 1. The van der Waals surface area contributed by atoms with Crippen LogP contribution in [-0.2, 0) is 18.1 Å². The summed E-state index contributed by atoms with van der Waals surface area (Å²) in [5.74, 6) is 0. The van der Waals surface area contributed by atoms with Crippen molar-refractivity contribution < 1.29 is 4.74 Å². The maximum absolute atomic E-state index is 6.12. The minimum absolute atomic E-state index is 0.393. The maximum atomic E-state index is 6.12. The van der Waals surface area contributed by atoms with Crippen molar-refractivity contribution in [2.75, 3.05) is 0 Å². The van der Waals surface area contributed by atoms with Crippen LogP contribution < -0.4 is 0 Å². The van der Waals surface area contributed by atoms with E-state index in [4.69, 9.17) is 16.3 Å². The smallest absolute Gasteiger partial charge is 0.156 e. The standard InChI is InChI=1S/C14H11BrClN3O/c15-11-6-19(13-12(11)17-8-18-14(13)16)9-20-7-10-4-2-1-3-5-10/h1-6,8H,7,9H2. The molecule has 0 aliphatic carbocycles. The summed E-state index contributed by atoms with van der Waals surface area (Å²) in [4.78, 5) is 8.21. The van der Waals surface area contributed by atoms with Crippen molar-refractivity contribution in [2.45, 2.75) is 13.3 Å². The summed E-state index contributed by atoms with van der Waals surface area (Å²) < 4.78 is 8.48. The van der Waals surface area contributed by atoms with E-state index in [1.54, 1.807) is 0 Å². The SMILES string of the molecule is Clc1ncnc2c(Br)cn(COCc3ccccc3)c12. The third-order valence-electron chi connectivity index (χ3n) is 2.90. The van der Waals surface area contributed by atoms with E-state index in [0.717, 1.165) is 21.1 Å². The van der Waals surface area contributed by atoms with Crippen molar-refractivity contribution in [3.05, 3.63) is 58.0 Å². The van der Waals surface area contributed by atoms with Crippen LogP contribution in [0.3, 0.4) is 0 Å². The molecule has 0 spiro atoms. The van der Waals surface area contributed by atoms with E-state index in [2.05, 4.69) is 25.9 Å². The highest BCUT2D eigenvalue weighted by atomic mass is 79.9. The van der Waals surface area contributed by atoms with Crippen molar-refractivity contribution in [1.82, 2.24) is 14.5 Å². The summed E-state index contributed by atoms with van der Waals surface area (Å²) in [5.41, 5.74) is 2.69. The third kappa shape index (κ3) is 2.70. The van der Waals surface area contributed by atoms with Crippen LogP contribution in [0.25, 0.3) is 11.0 Å². The molecule has 0 aliphatic rings. The Morgan fingerprint density at radius 1 is 1.20 bits per heavy atom. The first kappa shape index (κ1) is 13.5. The van der Waals surface area contributed by atoms with E-state index < -0.39 is 0 Å². The Morgan fingerprint density at radius 3 is 2.80 bits per heavy atom. The topological polar surface area (TPSA) is 39.9 Å². The largest absolute Gasteiger partial charge is 0.356 e. The molecule has 2 heterocycles. The van der Waals surface area contributed by atoms with Crippen LogP contribution in [0, 0.1) is 0 Å². The minimum Gasteiger partial charge on any atom is -0.356 e. The zero-order valence-corrected chi connectivity index (χ0v) is 12.8. The first-order chi connectivity index (χ1) is 9.75. The monoisotopic (exact) mass is 351 g/mol. The molecule has 6 heteroatoms. The fourth-order valence-electron chi connectivity index (χ4n) is 1.99. The molecular weight excluding hydrogens is 342 g/mol. The lowest BCUT2D eigenvalue weighted by Gasteiger charge is -2.07. The molecule has 0 amide bonds. The summed E-state index contributed by atoms with van der Waals surface area (Å²) in [6.45, 7) is 0.938. The fourth-order valence-corrected chi connectivity index (χ4v) is 2.77. The summed E-state index contributed by atoms with van der Waals surface area (Å²) in [5, 5.41) is 0.420. The maximum Gasteiger partial charge on any atom is 0.156 e. The van der Waals surface area contributed by atoms with Gasteiger partial charge in [-0.05, 0) is 21.5 Å². The highest BCUT2D eigenvalue weighted by molar-refractivity contribution is 9.10. The quantitative estimate of drug-likeness (QED) is 0.666. The molecule has 0 bridgehead atoms. The Morgan fingerprint density at radius 2 is 2.00 bits per heavy atom. The lowest BCUT2D eigenvalue weighted by Crippen LogP contribution is -2.02. The van der Waals surface area contributed by atoms with E-state index in [0.29, 0.717) is 18.5 Å². The molecule has 2 aromatic heterocycles. The molecule has 0 radical (unpaired) electrons. The van der Waals surface area contributed by atoms with Crippen LogP contribution in [-0.4, -0.2) is 14.5 Å². The average Bonchev–Trinajstić information content (AvgIpc) is 2.78. The van der Waals surface area contributed by atoms with Crippen molar-refractivity contribution in [1.29, 1.82) is 0 Å². The van der Waals surface area contributed by atoms with E-state index in [-0.39, 0.29) is 0 Å². The van der Waals surface area contributed by atoms with Crippen LogP contribution >= 0.6 is 27.5 Å². The van der Waals surface area contributed by atoms with Crippen molar-refractivity contribution in [2.24, 2.45) is 0 Å². The summed E-state index contributed by atoms with van der Waals surface area (Å²) in [6.07, 6.45) is 3.35. The van der Waals surface area contributed by atoms with Gasteiger partial charge in [0.05, 0.1) is 11.1 Å². The molecule has 0 aliphatic heterocycles. The van der Waals surface area contributed by atoms with Crippen LogP contribution in [0.1, 0.15) is 5.56 Å². The zero-order chi connectivity index (χ0) is 13.9. The first-order valence-electron chi connectivity index (χ1n) is 6.02.